The maximum Gasteiger partial charge on any atom is 0.331 e. The monoisotopic (exact) mass is 585 g/mol. The number of ether oxygens (including phenoxy) is 2. The second kappa shape index (κ2) is 10.9. The first-order valence-electron chi connectivity index (χ1n) is 11.4. The molecule has 2 aliphatic rings. The molecule has 4 rings (SSSR count). The van der Waals surface area contributed by atoms with Gasteiger partial charge in [-0.3, -0.25) is 19.8 Å². The van der Waals surface area contributed by atoms with E-state index in [1.165, 1.54) is 11.0 Å². The molecule has 2 aromatic rings. The van der Waals surface area contributed by atoms with Gasteiger partial charge in [0.15, 0.2) is 11.5 Å². The largest absolute Gasteiger partial charge is 0.490 e. The van der Waals surface area contributed by atoms with Gasteiger partial charge >= 0.3 is 6.03 Å². The number of nitrogens with zero attached hydrogens (tertiary/aromatic N) is 2. The minimum atomic E-state index is -0.712. The van der Waals surface area contributed by atoms with Crippen LogP contribution in [0.1, 0.15) is 49.3 Å². The number of urea groups is 1. The van der Waals surface area contributed by atoms with Gasteiger partial charge < -0.3 is 9.47 Å². The summed E-state index contributed by atoms with van der Waals surface area (Å²) >= 11 is 2.11. The van der Waals surface area contributed by atoms with Crippen LogP contribution in [0.3, 0.4) is 0 Å². The topological polar surface area (TPSA) is 109 Å². The molecule has 1 heterocycles. The lowest BCUT2D eigenvalue weighted by molar-refractivity contribution is -0.131. The number of imide groups is 2. The lowest BCUT2D eigenvalue weighted by atomic mass is 10.0. The number of halogens is 1. The highest BCUT2D eigenvalue weighted by molar-refractivity contribution is 14.1. The number of nitrogens with one attached hydrogen (secondary N) is 1. The zero-order valence-electron chi connectivity index (χ0n) is 19.2. The molecule has 1 N–H and O–H groups in total. The Kier molecular flexibility index (Phi) is 7.70. The van der Waals surface area contributed by atoms with Crippen molar-refractivity contribution < 1.29 is 23.9 Å². The summed E-state index contributed by atoms with van der Waals surface area (Å²) in [5, 5.41) is 11.6. The fourth-order valence-corrected chi connectivity index (χ4v) is 5.09. The van der Waals surface area contributed by atoms with Crippen molar-refractivity contribution in [2.45, 2.75) is 45.3 Å². The Bertz CT molecular complexity index is 1240. The van der Waals surface area contributed by atoms with Gasteiger partial charge in [0.25, 0.3) is 11.8 Å². The summed E-state index contributed by atoms with van der Waals surface area (Å²) in [6, 6.07) is 12.0. The van der Waals surface area contributed by atoms with Crippen molar-refractivity contribution in [2.24, 2.45) is 0 Å². The van der Waals surface area contributed by atoms with Crippen molar-refractivity contribution in [2.75, 3.05) is 6.61 Å². The van der Waals surface area contributed by atoms with E-state index >= 15 is 0 Å². The molecule has 35 heavy (non-hydrogen) atoms. The fraction of sp³-hybridized carbons (Fsp3) is 0.308. The molecule has 8 nitrogen and oxygen atoms in total. The standard InChI is InChI=1S/C26H24IN3O5/c1-2-34-22-13-16(12-21(27)23(22)35-15-18-8-4-3-7-17(18)14-28)11-20-24(31)29-26(33)30(25(20)32)19-9-5-6-10-19/h3-4,7-8,11-13,19H,2,5-6,9-10,15H2,1H3,(H,29,31,33)/b20-11+. The maximum atomic E-state index is 13.1. The van der Waals surface area contributed by atoms with Crippen molar-refractivity contribution in [1.82, 2.24) is 10.2 Å². The number of benzene rings is 2. The third kappa shape index (κ3) is 5.32. The van der Waals surface area contributed by atoms with Crippen LogP contribution in [0.25, 0.3) is 6.08 Å². The number of hydrogen-bond acceptors (Lipinski definition) is 6. The van der Waals surface area contributed by atoms with Gasteiger partial charge in [-0.15, -0.1) is 0 Å². The number of amides is 4. The molecule has 1 saturated heterocycles. The highest BCUT2D eigenvalue weighted by atomic mass is 127. The van der Waals surface area contributed by atoms with E-state index in [4.69, 9.17) is 9.47 Å². The Labute approximate surface area is 217 Å². The molecular formula is C26H24IN3O5. The number of carbonyl (C=O) groups excluding carboxylic acids is 3. The second-order valence-corrected chi connectivity index (χ2v) is 9.41. The zero-order chi connectivity index (χ0) is 24.9. The predicted octanol–water partition coefficient (Wildman–Crippen LogP) is 4.54. The van der Waals surface area contributed by atoms with Gasteiger partial charge in [-0.05, 0) is 72.2 Å². The summed E-state index contributed by atoms with van der Waals surface area (Å²) in [5.41, 5.74) is 1.76. The number of hydrogen-bond donors (Lipinski definition) is 1. The van der Waals surface area contributed by atoms with Crippen LogP contribution in [0.15, 0.2) is 42.0 Å². The van der Waals surface area contributed by atoms with E-state index in [-0.39, 0.29) is 18.2 Å². The van der Waals surface area contributed by atoms with Gasteiger partial charge in [0.05, 0.1) is 21.8 Å². The van der Waals surface area contributed by atoms with Crippen molar-refractivity contribution in [3.05, 3.63) is 62.2 Å². The van der Waals surface area contributed by atoms with Crippen LogP contribution in [0.5, 0.6) is 11.5 Å². The zero-order valence-corrected chi connectivity index (χ0v) is 21.3. The average molecular weight is 585 g/mol. The normalized spacial score (nSPS) is 17.5. The van der Waals surface area contributed by atoms with Crippen LogP contribution in [0, 0.1) is 14.9 Å². The molecule has 2 aromatic carbocycles. The first-order valence-corrected chi connectivity index (χ1v) is 12.5. The number of carbonyl (C=O) groups is 3. The Morgan fingerprint density at radius 2 is 1.91 bits per heavy atom. The molecule has 1 aliphatic heterocycles. The first kappa shape index (κ1) is 24.7. The molecule has 1 aliphatic carbocycles. The van der Waals surface area contributed by atoms with Crippen molar-refractivity contribution in [1.29, 1.82) is 5.26 Å². The minimum Gasteiger partial charge on any atom is -0.490 e. The van der Waals surface area contributed by atoms with Crippen LogP contribution in [0.4, 0.5) is 4.79 Å². The molecule has 2 fully saturated rings. The number of nitriles is 1. The molecule has 0 radical (unpaired) electrons. The molecule has 0 unspecified atom stereocenters. The Hall–Kier alpha value is -3.39. The molecule has 9 heteroatoms. The van der Waals surface area contributed by atoms with Gasteiger partial charge in [0.1, 0.15) is 12.2 Å². The van der Waals surface area contributed by atoms with Crippen molar-refractivity contribution in [3.63, 3.8) is 0 Å². The van der Waals surface area contributed by atoms with E-state index in [0.29, 0.717) is 32.8 Å². The number of rotatable bonds is 7. The van der Waals surface area contributed by atoms with E-state index in [1.807, 2.05) is 19.1 Å². The van der Waals surface area contributed by atoms with Crippen molar-refractivity contribution >= 4 is 46.5 Å². The van der Waals surface area contributed by atoms with Gasteiger partial charge in [-0.25, -0.2) is 4.79 Å². The molecular weight excluding hydrogens is 561 g/mol. The summed E-state index contributed by atoms with van der Waals surface area (Å²) in [6.07, 6.45) is 4.86. The van der Waals surface area contributed by atoms with Crippen molar-refractivity contribution in [3.8, 4) is 17.6 Å². The predicted molar refractivity (Wildman–Crippen MR) is 136 cm³/mol. The minimum absolute atomic E-state index is 0.0913. The molecule has 0 aromatic heterocycles. The van der Waals surface area contributed by atoms with E-state index < -0.39 is 17.8 Å². The highest BCUT2D eigenvalue weighted by Gasteiger charge is 2.40. The molecule has 0 spiro atoms. The Morgan fingerprint density at radius 3 is 2.63 bits per heavy atom. The van der Waals surface area contributed by atoms with E-state index in [9.17, 15) is 19.6 Å². The van der Waals surface area contributed by atoms with Gasteiger partial charge in [0.2, 0.25) is 0 Å². The van der Waals surface area contributed by atoms with Crippen LogP contribution < -0.4 is 14.8 Å². The quantitative estimate of drug-likeness (QED) is 0.290. The van der Waals surface area contributed by atoms with Gasteiger partial charge in [-0.2, -0.15) is 5.26 Å². The molecule has 1 saturated carbocycles. The van der Waals surface area contributed by atoms with E-state index in [1.54, 1.807) is 24.3 Å². The first-order chi connectivity index (χ1) is 16.9. The molecule has 180 valence electrons. The van der Waals surface area contributed by atoms with E-state index in [2.05, 4.69) is 34.0 Å². The van der Waals surface area contributed by atoms with Crippen LogP contribution in [-0.2, 0) is 16.2 Å². The van der Waals surface area contributed by atoms with Gasteiger partial charge in [0, 0.05) is 11.6 Å². The third-order valence-corrected chi connectivity index (χ3v) is 6.78. The van der Waals surface area contributed by atoms with Gasteiger partial charge in [-0.1, -0.05) is 31.0 Å². The van der Waals surface area contributed by atoms with Crippen LogP contribution in [0.2, 0.25) is 0 Å². The summed E-state index contributed by atoms with van der Waals surface area (Å²) < 4.78 is 12.5. The summed E-state index contributed by atoms with van der Waals surface area (Å²) in [6.45, 7) is 2.40. The van der Waals surface area contributed by atoms with Crippen LogP contribution >= 0.6 is 22.6 Å². The Morgan fingerprint density at radius 1 is 1.17 bits per heavy atom. The molecule has 4 amide bonds. The average Bonchev–Trinajstić information content (AvgIpc) is 3.36. The summed E-state index contributed by atoms with van der Waals surface area (Å²) in [5.74, 6) is -0.333. The molecule has 0 atom stereocenters. The lowest BCUT2D eigenvalue weighted by Crippen LogP contribution is -2.57. The Balaban J connectivity index is 1.63. The summed E-state index contributed by atoms with van der Waals surface area (Å²) in [7, 11) is 0. The van der Waals surface area contributed by atoms with E-state index in [0.717, 1.165) is 31.2 Å². The SMILES string of the molecule is CCOc1cc(/C=C2\C(=O)NC(=O)N(C3CCCC3)C2=O)cc(I)c1OCc1ccccc1C#N. The third-order valence-electron chi connectivity index (χ3n) is 5.98. The molecule has 0 bridgehead atoms. The second-order valence-electron chi connectivity index (χ2n) is 8.25. The maximum absolute atomic E-state index is 13.1. The smallest absolute Gasteiger partial charge is 0.331 e. The summed E-state index contributed by atoms with van der Waals surface area (Å²) in [4.78, 5) is 39.2. The lowest BCUT2D eigenvalue weighted by Gasteiger charge is -2.31. The number of barbiturate groups is 1. The fourth-order valence-electron chi connectivity index (χ4n) is 4.31. The van der Waals surface area contributed by atoms with Crippen LogP contribution in [-0.4, -0.2) is 35.4 Å². The highest BCUT2D eigenvalue weighted by Crippen LogP contribution is 2.36.